The molecule has 0 aliphatic rings. The smallest absolute Gasteiger partial charge is 1.00 e. The number of halogens is 1. The molecule has 0 radical (unpaired) electrons. The molecular weight excluding hydrogens is 185 g/mol. The van der Waals surface area contributed by atoms with Crippen LogP contribution in [0.25, 0.3) is 0 Å². The van der Waals surface area contributed by atoms with Crippen LogP contribution in [0.3, 0.4) is 0 Å². The van der Waals surface area contributed by atoms with Gasteiger partial charge < -0.3 is 17.6 Å². The van der Waals surface area contributed by atoms with Gasteiger partial charge in [0.2, 0.25) is 0 Å². The van der Waals surface area contributed by atoms with Crippen LogP contribution in [0, 0.1) is 0 Å². The van der Waals surface area contributed by atoms with Crippen LogP contribution >= 0.6 is 0 Å². The molecular formula is H5ClNNaO5S. The van der Waals surface area contributed by atoms with Gasteiger partial charge in [0.15, 0.2) is 0 Å². The van der Waals surface area contributed by atoms with Gasteiger partial charge in [0.05, 0.1) is 0 Å². The van der Waals surface area contributed by atoms with Gasteiger partial charge in [0, 0.05) is 0 Å². The largest absolute Gasteiger partial charge is 1.00 e. The molecule has 0 heterocycles. The molecule has 0 aliphatic heterocycles. The van der Waals surface area contributed by atoms with Crippen LogP contribution in [-0.4, -0.2) is 22.7 Å². The van der Waals surface area contributed by atoms with E-state index < -0.39 is 10.4 Å². The Morgan fingerprint density at radius 3 is 1.11 bits per heavy atom. The monoisotopic (exact) mass is 189 g/mol. The molecule has 9 heteroatoms. The number of nitrogens with two attached hydrogens (primary N) is 1. The third-order valence-corrected chi connectivity index (χ3v) is 0. The van der Waals surface area contributed by atoms with Crippen molar-refractivity contribution in [2.24, 2.45) is 5.90 Å². The quantitative estimate of drug-likeness (QED) is 0.171. The van der Waals surface area contributed by atoms with E-state index in [-0.39, 0.29) is 42.0 Å². The average molecular weight is 190 g/mol. The maximum Gasteiger partial charge on any atom is 1.00 e. The molecule has 0 amide bonds. The maximum atomic E-state index is 8.74. The summed E-state index contributed by atoms with van der Waals surface area (Å²) in [5.74, 6) is 3.50. The van der Waals surface area contributed by atoms with Gasteiger partial charge in [0.25, 0.3) is 0 Å². The van der Waals surface area contributed by atoms with Crippen LogP contribution in [-0.2, 0) is 10.4 Å². The summed E-state index contributed by atoms with van der Waals surface area (Å²) in [7, 11) is -4.67. The molecule has 0 unspecified atom stereocenters. The standard InChI is InChI=1S/ClH.H3NO.Na.H2O4S/c;1-2;;1-5(2,3)4/h1H;2H,1H2;;(H2,1,2,3,4)/q;;+1;/p-1. The zero-order valence-electron chi connectivity index (χ0n) is 4.52. The Bertz CT molecular complexity index is 100. The van der Waals surface area contributed by atoms with Gasteiger partial charge in [-0.25, -0.2) is 5.90 Å². The number of hydrogen-bond donors (Lipinski definition) is 4. The third kappa shape index (κ3) is 390. The van der Waals surface area contributed by atoms with Gasteiger partial charge in [0.1, 0.15) is 0 Å². The molecule has 54 valence electrons. The third-order valence-electron chi connectivity index (χ3n) is 0. The SMILES string of the molecule is NO.O=S(=O)(O)O.[Cl-].[Na+]. The Labute approximate surface area is 80.7 Å². The minimum Gasteiger partial charge on any atom is -1.00 e. The van der Waals surface area contributed by atoms with Gasteiger partial charge in [-0.3, -0.25) is 9.11 Å². The van der Waals surface area contributed by atoms with E-state index in [2.05, 4.69) is 5.90 Å². The van der Waals surface area contributed by atoms with Crippen LogP contribution in [0.15, 0.2) is 0 Å². The summed E-state index contributed by atoms with van der Waals surface area (Å²) < 4.78 is 31.6. The molecule has 0 saturated heterocycles. The van der Waals surface area contributed by atoms with E-state index >= 15 is 0 Å². The summed E-state index contributed by atoms with van der Waals surface area (Å²) in [6.45, 7) is 0. The van der Waals surface area contributed by atoms with E-state index in [4.69, 9.17) is 22.7 Å². The van der Waals surface area contributed by atoms with Gasteiger partial charge in [-0.1, -0.05) is 0 Å². The number of hydrogen-bond acceptors (Lipinski definition) is 4. The Morgan fingerprint density at radius 2 is 1.11 bits per heavy atom. The van der Waals surface area contributed by atoms with Crippen LogP contribution in [0.4, 0.5) is 0 Å². The minimum absolute atomic E-state index is 0. The van der Waals surface area contributed by atoms with Crippen molar-refractivity contribution in [2.45, 2.75) is 0 Å². The molecule has 0 atom stereocenters. The molecule has 0 bridgehead atoms. The van der Waals surface area contributed by atoms with Crippen LogP contribution in [0.2, 0.25) is 0 Å². The fourth-order valence-electron chi connectivity index (χ4n) is 0. The molecule has 0 saturated carbocycles. The predicted octanol–water partition coefficient (Wildman–Crippen LogP) is -7.31. The van der Waals surface area contributed by atoms with Crippen LogP contribution in [0.5, 0.6) is 0 Å². The fraction of sp³-hybridized carbons (Fsp3) is 0. The summed E-state index contributed by atoms with van der Waals surface area (Å²) in [6.07, 6.45) is 0. The Morgan fingerprint density at radius 1 is 1.11 bits per heavy atom. The van der Waals surface area contributed by atoms with E-state index in [1.807, 2.05) is 0 Å². The normalized spacial score (nSPS) is 7.11. The molecule has 6 nitrogen and oxygen atoms in total. The molecule has 0 aromatic rings. The van der Waals surface area contributed by atoms with Crippen molar-refractivity contribution in [3.05, 3.63) is 0 Å². The first-order chi connectivity index (χ1) is 3.00. The van der Waals surface area contributed by atoms with Crippen molar-refractivity contribution < 1.29 is 64.7 Å². The molecule has 0 fully saturated rings. The topological polar surface area (TPSA) is 121 Å². The second-order valence-electron chi connectivity index (χ2n) is 0.448. The van der Waals surface area contributed by atoms with E-state index in [1.54, 1.807) is 0 Å². The summed E-state index contributed by atoms with van der Waals surface area (Å²) in [5.41, 5.74) is 0. The molecule has 0 aliphatic carbocycles. The van der Waals surface area contributed by atoms with Gasteiger partial charge >= 0.3 is 40.0 Å². The predicted molar refractivity (Wildman–Crippen MR) is 20.2 cm³/mol. The van der Waals surface area contributed by atoms with Gasteiger partial charge in [-0.15, -0.1) is 0 Å². The molecule has 0 aromatic heterocycles. The first-order valence-corrected chi connectivity index (χ1v) is 2.35. The van der Waals surface area contributed by atoms with Crippen molar-refractivity contribution in [2.75, 3.05) is 0 Å². The van der Waals surface area contributed by atoms with E-state index in [1.165, 1.54) is 0 Å². The van der Waals surface area contributed by atoms with Crippen LogP contribution < -0.4 is 47.9 Å². The second kappa shape index (κ2) is 11.8. The average Bonchev–Trinajstić information content (AvgIpc) is 1.36. The summed E-state index contributed by atoms with van der Waals surface area (Å²) >= 11 is 0. The van der Waals surface area contributed by atoms with Gasteiger partial charge in [-0.05, 0) is 0 Å². The van der Waals surface area contributed by atoms with Gasteiger partial charge in [-0.2, -0.15) is 8.42 Å². The van der Waals surface area contributed by atoms with Crippen molar-refractivity contribution in [1.29, 1.82) is 0 Å². The fourth-order valence-corrected chi connectivity index (χ4v) is 0. The molecule has 0 aromatic carbocycles. The van der Waals surface area contributed by atoms with Crippen molar-refractivity contribution in [3.63, 3.8) is 0 Å². The zero-order chi connectivity index (χ0) is 6.50. The molecule has 9 heavy (non-hydrogen) atoms. The Kier molecular flexibility index (Phi) is 29.5. The summed E-state index contributed by atoms with van der Waals surface area (Å²) in [6, 6.07) is 0. The maximum absolute atomic E-state index is 8.74. The second-order valence-corrected chi connectivity index (χ2v) is 1.34. The summed E-state index contributed by atoms with van der Waals surface area (Å²) in [5, 5.41) is 6.50. The molecule has 5 N–H and O–H groups in total. The van der Waals surface area contributed by atoms with E-state index in [0.717, 1.165) is 0 Å². The summed E-state index contributed by atoms with van der Waals surface area (Å²) in [4.78, 5) is 0. The Hall–Kier alpha value is 1.08. The van der Waals surface area contributed by atoms with Crippen molar-refractivity contribution >= 4 is 10.4 Å². The zero-order valence-corrected chi connectivity index (χ0v) is 8.09. The van der Waals surface area contributed by atoms with E-state index in [9.17, 15) is 0 Å². The molecule has 0 spiro atoms. The first-order valence-electron chi connectivity index (χ1n) is 0.957. The number of rotatable bonds is 0. The van der Waals surface area contributed by atoms with Crippen molar-refractivity contribution in [3.8, 4) is 0 Å². The first kappa shape index (κ1) is 22.5. The molecule has 0 rings (SSSR count). The van der Waals surface area contributed by atoms with Crippen LogP contribution in [0.1, 0.15) is 0 Å². The van der Waals surface area contributed by atoms with E-state index in [0.29, 0.717) is 0 Å². The van der Waals surface area contributed by atoms with Crippen molar-refractivity contribution in [1.82, 2.24) is 0 Å². The minimum atomic E-state index is -4.67. The Balaban J connectivity index is -0.0000000286.